The molecule has 0 spiro atoms. The highest BCUT2D eigenvalue weighted by molar-refractivity contribution is 6.80. The number of hydrogen-bond acceptors (Lipinski definition) is 1. The van der Waals surface area contributed by atoms with Crippen LogP contribution in [0.15, 0.2) is 0 Å². The molecule has 0 fully saturated rings. The van der Waals surface area contributed by atoms with Crippen LogP contribution in [0.25, 0.3) is 0 Å². The zero-order valence-corrected chi connectivity index (χ0v) is 9.50. The number of carboxylic acid groups (broad SMARTS) is 1. The van der Waals surface area contributed by atoms with E-state index in [4.69, 9.17) is 5.11 Å². The molecule has 1 N–H and O–H groups in total. The summed E-state index contributed by atoms with van der Waals surface area (Å²) in [4.78, 5) is 10.1. The van der Waals surface area contributed by atoms with Crippen molar-refractivity contribution in [2.45, 2.75) is 0 Å². The highest BCUT2D eigenvalue weighted by Crippen LogP contribution is 2.22. The van der Waals surface area contributed by atoms with E-state index in [9.17, 15) is 26.7 Å². The normalized spacial score (nSPS) is 9.44. The van der Waals surface area contributed by atoms with Gasteiger partial charge >= 0.3 is 35.6 Å². The average molecular weight is 272 g/mol. The van der Waals surface area contributed by atoms with Crippen LogP contribution in [-0.4, -0.2) is 31.7 Å². The third-order valence-corrected chi connectivity index (χ3v) is 1.42. The number of halogens is 6. The topological polar surface area (TPSA) is 37.3 Å². The van der Waals surface area contributed by atoms with Crippen molar-refractivity contribution in [2.75, 3.05) is 0 Å². The van der Waals surface area contributed by atoms with Crippen molar-refractivity contribution >= 4 is 35.6 Å². The minimum atomic E-state index is -2.38. The van der Waals surface area contributed by atoms with Gasteiger partial charge in [0.05, 0.1) is 0 Å². The summed E-state index contributed by atoms with van der Waals surface area (Å²) in [6, 6.07) is 0. The van der Waals surface area contributed by atoms with Crippen LogP contribution in [0.1, 0.15) is 10.4 Å². The lowest BCUT2D eigenvalue weighted by atomic mass is 10.1. The molecule has 1 rings (SSSR count). The summed E-state index contributed by atoms with van der Waals surface area (Å²) in [6.07, 6.45) is 0. The third-order valence-electron chi connectivity index (χ3n) is 1.42. The minimum Gasteiger partial charge on any atom is -0.477 e. The Bertz CT molecular complexity index is 397. The predicted molar refractivity (Wildman–Crippen MR) is 44.8 cm³/mol. The first-order valence-electron chi connectivity index (χ1n) is 3.39. The fraction of sp³-hybridized carbons (Fsp3) is 0. The molecule has 0 heterocycles. The molecular formula is C7HClF5MgO2+2. The first kappa shape index (κ1) is 15.4. The molecule has 0 saturated heterocycles. The second kappa shape index (κ2) is 6.21. The summed E-state index contributed by atoms with van der Waals surface area (Å²) < 4.78 is 62.1. The second-order valence-electron chi connectivity index (χ2n) is 2.25. The van der Waals surface area contributed by atoms with Gasteiger partial charge in [0, 0.05) is 0 Å². The van der Waals surface area contributed by atoms with Crippen molar-refractivity contribution < 1.29 is 31.9 Å². The minimum absolute atomic E-state index is 1.33. The zero-order valence-electron chi connectivity index (χ0n) is 7.33. The standard InChI is InChI=1S/C7HF5O2.ClH.Mg/c8-2-1(7(13)14)3(9)5(11)6(12)4(2)10;;/h(H,13,14);1H;/q;;+3/p-1. The molecule has 0 amide bonds. The molecule has 0 bridgehead atoms. The number of rotatable bonds is 1. The van der Waals surface area contributed by atoms with E-state index in [1.54, 1.807) is 0 Å². The van der Waals surface area contributed by atoms with Crippen LogP contribution in [0.4, 0.5) is 22.0 Å². The van der Waals surface area contributed by atoms with Crippen molar-refractivity contribution in [3.8, 4) is 0 Å². The van der Waals surface area contributed by atoms with Gasteiger partial charge in [-0.2, -0.15) is 0 Å². The van der Waals surface area contributed by atoms with Crippen LogP contribution in [0, 0.1) is 29.1 Å². The summed E-state index contributed by atoms with van der Waals surface area (Å²) in [5, 5.41) is 8.15. The van der Waals surface area contributed by atoms with E-state index in [2.05, 4.69) is 9.07 Å². The number of hydrogen-bond donors (Lipinski definition) is 1. The first-order valence-corrected chi connectivity index (χ1v) is 5.53. The fourth-order valence-electron chi connectivity index (χ4n) is 0.793. The Morgan fingerprint density at radius 2 is 1.12 bits per heavy atom. The van der Waals surface area contributed by atoms with Gasteiger partial charge in [-0.1, -0.05) is 0 Å². The van der Waals surface area contributed by atoms with Gasteiger partial charge in [0.25, 0.3) is 0 Å². The first-order chi connectivity index (χ1) is 7.37. The second-order valence-corrected chi connectivity index (χ2v) is 2.25. The quantitative estimate of drug-likeness (QED) is 0.369. The molecule has 7 radical (unpaired) electrons. The monoisotopic (exact) mass is 271 g/mol. The predicted octanol–water partition coefficient (Wildman–Crippen LogP) is 2.39. The molecule has 0 aliphatic heterocycles. The molecule has 9 heteroatoms. The smallest absolute Gasteiger partial charge is 0.477 e. The number of carbonyl (C=O) groups is 1. The van der Waals surface area contributed by atoms with E-state index in [1.165, 1.54) is 20.6 Å². The maximum atomic E-state index is 12.6. The van der Waals surface area contributed by atoms with Crippen LogP contribution < -0.4 is 0 Å². The SMILES string of the molecule is O=C(O)c1c(F)c(F)c(F)c(F)c1F.[Mg+2][Cl]. The Balaban J connectivity index is 0.00000106. The Morgan fingerprint density at radius 1 is 0.875 bits per heavy atom. The zero-order chi connectivity index (χ0) is 13.0. The van der Waals surface area contributed by atoms with Crippen LogP contribution in [0.3, 0.4) is 0 Å². The fourth-order valence-corrected chi connectivity index (χ4v) is 0.793. The molecule has 83 valence electrons. The number of carboxylic acids is 1. The van der Waals surface area contributed by atoms with Gasteiger partial charge in [-0.15, -0.1) is 0 Å². The van der Waals surface area contributed by atoms with Gasteiger partial charge in [0.1, 0.15) is 5.56 Å². The lowest BCUT2D eigenvalue weighted by Gasteiger charge is -2.03. The van der Waals surface area contributed by atoms with E-state index >= 15 is 0 Å². The molecule has 1 aromatic rings. The summed E-state index contributed by atoms with van der Waals surface area (Å²) in [7, 11) is 4.67. The Kier molecular flexibility index (Phi) is 5.98. The van der Waals surface area contributed by atoms with Gasteiger partial charge in [0.15, 0.2) is 23.3 Å². The van der Waals surface area contributed by atoms with E-state index in [0.29, 0.717) is 0 Å². The van der Waals surface area contributed by atoms with E-state index in [1.807, 2.05) is 0 Å². The molecule has 0 saturated carbocycles. The van der Waals surface area contributed by atoms with Gasteiger partial charge in [-0.25, -0.2) is 26.7 Å². The summed E-state index contributed by atoms with van der Waals surface area (Å²) in [5.41, 5.74) is -1.86. The number of benzene rings is 1. The van der Waals surface area contributed by atoms with Crippen molar-refractivity contribution in [3.63, 3.8) is 0 Å². The van der Waals surface area contributed by atoms with Crippen LogP contribution in [-0.2, 0) is 0 Å². The maximum absolute atomic E-state index is 12.6. The molecule has 0 unspecified atom stereocenters. The molecule has 16 heavy (non-hydrogen) atoms. The van der Waals surface area contributed by atoms with Crippen molar-refractivity contribution in [3.05, 3.63) is 34.6 Å². The van der Waals surface area contributed by atoms with Crippen LogP contribution in [0.5, 0.6) is 0 Å². The Hall–Kier alpha value is -0.604. The highest BCUT2D eigenvalue weighted by atomic mass is 35.5. The third kappa shape index (κ3) is 2.74. The summed E-state index contributed by atoms with van der Waals surface area (Å²) >= 11 is 1.33. The van der Waals surface area contributed by atoms with E-state index < -0.39 is 40.6 Å². The maximum Gasteiger partial charge on any atom is 1.59 e. The lowest BCUT2D eigenvalue weighted by Crippen LogP contribution is -2.11. The molecule has 0 atom stereocenters. The van der Waals surface area contributed by atoms with Crippen molar-refractivity contribution in [2.24, 2.45) is 0 Å². The Labute approximate surface area is 102 Å². The lowest BCUT2D eigenvalue weighted by molar-refractivity contribution is 0.0682. The molecule has 1 aromatic carbocycles. The molecule has 0 aromatic heterocycles. The van der Waals surface area contributed by atoms with Crippen LogP contribution >= 0.6 is 9.07 Å². The number of aromatic carboxylic acids is 1. The van der Waals surface area contributed by atoms with Crippen molar-refractivity contribution in [1.29, 1.82) is 0 Å². The van der Waals surface area contributed by atoms with E-state index in [-0.39, 0.29) is 0 Å². The molecule has 2 nitrogen and oxygen atoms in total. The van der Waals surface area contributed by atoms with E-state index in [0.717, 1.165) is 0 Å². The van der Waals surface area contributed by atoms with Gasteiger partial charge in [-0.3, -0.25) is 0 Å². The van der Waals surface area contributed by atoms with Crippen LogP contribution in [0.2, 0.25) is 0 Å². The highest BCUT2D eigenvalue weighted by Gasteiger charge is 2.29. The van der Waals surface area contributed by atoms with Crippen molar-refractivity contribution in [1.82, 2.24) is 0 Å². The van der Waals surface area contributed by atoms with Gasteiger partial charge in [-0.05, 0) is 0 Å². The molecule has 0 aliphatic rings. The van der Waals surface area contributed by atoms with Gasteiger partial charge in [0.2, 0.25) is 5.82 Å². The summed E-state index contributed by atoms with van der Waals surface area (Å²) in [5.74, 6) is -13.9. The van der Waals surface area contributed by atoms with Gasteiger partial charge < -0.3 is 5.11 Å². The largest absolute Gasteiger partial charge is 1.59 e. The Morgan fingerprint density at radius 3 is 1.38 bits per heavy atom. The molecular weight excluding hydrogens is 271 g/mol. The summed E-state index contributed by atoms with van der Waals surface area (Å²) in [6.45, 7) is 0. The molecule has 0 aliphatic carbocycles. The average Bonchev–Trinajstić information content (AvgIpc) is 2.26.